The molecule has 8 heteroatoms. The van der Waals surface area contributed by atoms with Crippen molar-refractivity contribution in [2.24, 2.45) is 0 Å². The number of aromatic nitrogens is 1. The van der Waals surface area contributed by atoms with E-state index in [1.165, 1.54) is 0 Å². The molecule has 0 aliphatic carbocycles. The summed E-state index contributed by atoms with van der Waals surface area (Å²) in [5.41, 5.74) is 5.43. The monoisotopic (exact) mass is 486 g/mol. The lowest BCUT2D eigenvalue weighted by molar-refractivity contribution is 0.199. The number of nitrogens with one attached hydrogen (secondary N) is 1. The van der Waals surface area contributed by atoms with Crippen molar-refractivity contribution in [2.45, 2.75) is 18.9 Å². The number of benzene rings is 3. The lowest BCUT2D eigenvalue weighted by Crippen LogP contribution is -2.34. The first-order valence-electron chi connectivity index (χ1n) is 11.9. The van der Waals surface area contributed by atoms with Gasteiger partial charge in [0.05, 0.1) is 14.2 Å². The zero-order valence-corrected chi connectivity index (χ0v) is 20.9. The molecule has 8 nitrogen and oxygen atoms in total. The SMILES string of the molecule is COc1cc(NC(=O)N2CCCC2c2nc3cc(-c4ccc(N(C)C)cc4)ccc3o2)cc(OC)c1. The molecule has 1 N–H and O–H groups in total. The fourth-order valence-corrected chi connectivity index (χ4v) is 4.56. The smallest absolute Gasteiger partial charge is 0.322 e. The lowest BCUT2D eigenvalue weighted by atomic mass is 10.0. The maximum atomic E-state index is 13.2. The number of hydrogen-bond acceptors (Lipinski definition) is 6. The molecule has 0 spiro atoms. The second kappa shape index (κ2) is 9.81. The van der Waals surface area contributed by atoms with Crippen molar-refractivity contribution in [1.29, 1.82) is 0 Å². The summed E-state index contributed by atoms with van der Waals surface area (Å²) in [5.74, 6) is 1.77. The molecule has 2 heterocycles. The molecule has 1 aromatic heterocycles. The molecule has 1 fully saturated rings. The molecule has 0 saturated carbocycles. The van der Waals surface area contributed by atoms with Gasteiger partial charge in [0.25, 0.3) is 0 Å². The van der Waals surface area contributed by atoms with Gasteiger partial charge in [-0.2, -0.15) is 0 Å². The number of urea groups is 1. The summed E-state index contributed by atoms with van der Waals surface area (Å²) in [7, 11) is 7.21. The van der Waals surface area contributed by atoms with Crippen LogP contribution in [0.1, 0.15) is 24.8 Å². The van der Waals surface area contributed by atoms with E-state index in [4.69, 9.17) is 18.9 Å². The molecule has 186 valence electrons. The highest BCUT2D eigenvalue weighted by Crippen LogP contribution is 2.35. The van der Waals surface area contributed by atoms with Crippen molar-refractivity contribution in [3.05, 3.63) is 66.6 Å². The number of anilines is 2. The molecule has 1 aliphatic rings. The van der Waals surface area contributed by atoms with Crippen LogP contribution in [0.4, 0.5) is 16.2 Å². The second-order valence-corrected chi connectivity index (χ2v) is 9.06. The fourth-order valence-electron chi connectivity index (χ4n) is 4.56. The molecule has 0 radical (unpaired) electrons. The van der Waals surface area contributed by atoms with E-state index in [9.17, 15) is 4.79 Å². The van der Waals surface area contributed by atoms with Crippen LogP contribution in [0, 0.1) is 0 Å². The predicted molar refractivity (Wildman–Crippen MR) is 141 cm³/mol. The van der Waals surface area contributed by atoms with Gasteiger partial charge in [0, 0.05) is 50.2 Å². The Hall–Kier alpha value is -4.20. The first-order chi connectivity index (χ1) is 17.4. The highest BCUT2D eigenvalue weighted by atomic mass is 16.5. The Morgan fingerprint density at radius 3 is 2.36 bits per heavy atom. The summed E-state index contributed by atoms with van der Waals surface area (Å²) in [6.07, 6.45) is 1.67. The molecule has 0 bridgehead atoms. The molecule has 36 heavy (non-hydrogen) atoms. The molecular formula is C28H30N4O4. The van der Waals surface area contributed by atoms with Crippen LogP contribution in [0.25, 0.3) is 22.2 Å². The summed E-state index contributed by atoms with van der Waals surface area (Å²) in [5, 5.41) is 2.96. The highest BCUT2D eigenvalue weighted by molar-refractivity contribution is 5.90. The van der Waals surface area contributed by atoms with Crippen LogP contribution in [0.2, 0.25) is 0 Å². The standard InChI is InChI=1S/C28H30N4O4/c1-31(2)21-10-7-18(8-11-21)19-9-12-26-24(14-19)30-27(36-26)25-6-5-13-32(25)28(33)29-20-15-22(34-3)17-23(16-20)35-4/h7-12,14-17,25H,5-6,13H2,1-4H3,(H,29,33). The van der Waals surface area contributed by atoms with Gasteiger partial charge in [-0.05, 0) is 48.2 Å². The van der Waals surface area contributed by atoms with E-state index in [0.717, 1.165) is 35.2 Å². The van der Waals surface area contributed by atoms with Gasteiger partial charge in [-0.1, -0.05) is 18.2 Å². The van der Waals surface area contributed by atoms with E-state index in [1.807, 2.05) is 32.3 Å². The van der Waals surface area contributed by atoms with E-state index >= 15 is 0 Å². The van der Waals surface area contributed by atoms with Crippen LogP contribution in [0.5, 0.6) is 11.5 Å². The first kappa shape index (κ1) is 23.5. The molecule has 2 amide bonds. The van der Waals surface area contributed by atoms with Gasteiger partial charge in [0.15, 0.2) is 5.58 Å². The van der Waals surface area contributed by atoms with Crippen LogP contribution in [0.15, 0.2) is 65.1 Å². The minimum Gasteiger partial charge on any atom is -0.497 e. The number of carbonyl (C=O) groups excluding carboxylic acids is 1. The van der Waals surface area contributed by atoms with Crippen LogP contribution in [-0.2, 0) is 0 Å². The Balaban J connectivity index is 1.37. The van der Waals surface area contributed by atoms with Crippen molar-refractivity contribution in [3.8, 4) is 22.6 Å². The molecule has 1 saturated heterocycles. The maximum absolute atomic E-state index is 13.2. The maximum Gasteiger partial charge on any atom is 0.322 e. The minimum atomic E-state index is -0.229. The summed E-state index contributed by atoms with van der Waals surface area (Å²) >= 11 is 0. The summed E-state index contributed by atoms with van der Waals surface area (Å²) < 4.78 is 16.7. The van der Waals surface area contributed by atoms with E-state index in [0.29, 0.717) is 35.2 Å². The number of oxazole rings is 1. The van der Waals surface area contributed by atoms with Crippen LogP contribution in [0.3, 0.4) is 0 Å². The van der Waals surface area contributed by atoms with Crippen molar-refractivity contribution in [3.63, 3.8) is 0 Å². The van der Waals surface area contributed by atoms with Gasteiger partial charge < -0.3 is 29.0 Å². The number of methoxy groups -OCH3 is 2. The van der Waals surface area contributed by atoms with E-state index in [1.54, 1.807) is 37.3 Å². The number of hydrogen-bond donors (Lipinski definition) is 1. The van der Waals surface area contributed by atoms with Crippen LogP contribution in [-0.4, -0.2) is 50.8 Å². The third kappa shape index (κ3) is 4.66. The van der Waals surface area contributed by atoms with Gasteiger partial charge in [0.1, 0.15) is 23.1 Å². The molecule has 4 aromatic rings. The Bertz CT molecular complexity index is 1360. The van der Waals surface area contributed by atoms with Gasteiger partial charge >= 0.3 is 6.03 Å². The van der Waals surface area contributed by atoms with Gasteiger partial charge in [-0.3, -0.25) is 0 Å². The van der Waals surface area contributed by atoms with Crippen molar-refractivity contribution in [1.82, 2.24) is 9.88 Å². The second-order valence-electron chi connectivity index (χ2n) is 9.06. The number of nitrogens with zero attached hydrogens (tertiary/aromatic N) is 3. The number of rotatable bonds is 6. The van der Waals surface area contributed by atoms with Crippen molar-refractivity contribution in [2.75, 3.05) is 45.1 Å². The minimum absolute atomic E-state index is 0.211. The first-order valence-corrected chi connectivity index (χ1v) is 11.9. The third-order valence-electron chi connectivity index (χ3n) is 6.52. The Labute approximate surface area is 210 Å². The Morgan fingerprint density at radius 2 is 1.69 bits per heavy atom. The lowest BCUT2D eigenvalue weighted by Gasteiger charge is -2.23. The van der Waals surface area contributed by atoms with E-state index < -0.39 is 0 Å². The normalized spacial score (nSPS) is 15.2. The van der Waals surface area contributed by atoms with Crippen molar-refractivity contribution >= 4 is 28.5 Å². The zero-order chi connectivity index (χ0) is 25.2. The molecule has 3 aromatic carbocycles. The highest BCUT2D eigenvalue weighted by Gasteiger charge is 2.34. The number of likely N-dealkylation sites (tertiary alicyclic amines) is 1. The molecule has 1 atom stereocenters. The zero-order valence-electron chi connectivity index (χ0n) is 20.9. The van der Waals surface area contributed by atoms with Gasteiger partial charge in [-0.15, -0.1) is 0 Å². The average molecular weight is 487 g/mol. The summed E-state index contributed by atoms with van der Waals surface area (Å²) in [6, 6.07) is 19.3. The largest absolute Gasteiger partial charge is 0.497 e. The predicted octanol–water partition coefficient (Wildman–Crippen LogP) is 5.95. The van der Waals surface area contributed by atoms with Gasteiger partial charge in [-0.25, -0.2) is 9.78 Å². The molecule has 1 unspecified atom stereocenters. The van der Waals surface area contributed by atoms with Crippen LogP contribution < -0.4 is 19.7 Å². The topological polar surface area (TPSA) is 80.1 Å². The molecule has 1 aliphatic heterocycles. The number of ether oxygens (including phenoxy) is 2. The Morgan fingerprint density at radius 1 is 1.00 bits per heavy atom. The summed E-state index contributed by atoms with van der Waals surface area (Å²) in [6.45, 7) is 0.625. The van der Waals surface area contributed by atoms with Crippen LogP contribution >= 0.6 is 0 Å². The number of carbonyl (C=O) groups is 1. The van der Waals surface area contributed by atoms with Gasteiger partial charge in [0.2, 0.25) is 5.89 Å². The van der Waals surface area contributed by atoms with Crippen molar-refractivity contribution < 1.29 is 18.7 Å². The quantitative estimate of drug-likeness (QED) is 0.363. The average Bonchev–Trinajstić information content (AvgIpc) is 3.55. The van der Waals surface area contributed by atoms with E-state index in [-0.39, 0.29) is 12.1 Å². The Kier molecular flexibility index (Phi) is 6.41. The number of fused-ring (bicyclic) bond motifs is 1. The van der Waals surface area contributed by atoms with E-state index in [2.05, 4.69) is 34.5 Å². The third-order valence-corrected chi connectivity index (χ3v) is 6.52. The molecular weight excluding hydrogens is 456 g/mol. The summed E-state index contributed by atoms with van der Waals surface area (Å²) in [4.78, 5) is 21.8. The number of amides is 2. The molecule has 5 rings (SSSR count). The fraction of sp³-hybridized carbons (Fsp3) is 0.286.